The van der Waals surface area contributed by atoms with Crippen molar-refractivity contribution in [3.05, 3.63) is 123 Å². The second kappa shape index (κ2) is 11.0. The zero-order valence-electron chi connectivity index (χ0n) is 29.2. The summed E-state index contributed by atoms with van der Waals surface area (Å²) >= 11 is 0. The predicted molar refractivity (Wildman–Crippen MR) is 198 cm³/mol. The van der Waals surface area contributed by atoms with Gasteiger partial charge in [0.2, 0.25) is 0 Å². The Kier molecular flexibility index (Phi) is 7.68. The lowest BCUT2D eigenvalue weighted by molar-refractivity contribution is 0.399. The highest BCUT2D eigenvalue weighted by Gasteiger charge is 2.48. The molecular weight excluding hydrogens is 561 g/mol. The fraction of sp³-hybridized carbons (Fsp3) is 0.349. The molecule has 0 aromatic heterocycles. The third kappa shape index (κ3) is 5.26. The molecule has 45 heavy (non-hydrogen) atoms. The van der Waals surface area contributed by atoms with Crippen LogP contribution in [0.5, 0.6) is 5.75 Å². The first kappa shape index (κ1) is 31.4. The van der Waals surface area contributed by atoms with Gasteiger partial charge in [-0.05, 0) is 69.2 Å². The van der Waals surface area contributed by atoms with Crippen LogP contribution in [0.1, 0.15) is 99.9 Å². The second-order valence-corrected chi connectivity index (χ2v) is 20.9. The second-order valence-electron chi connectivity index (χ2n) is 16.1. The highest BCUT2D eigenvalue weighted by molar-refractivity contribution is 6.81. The number of methoxy groups -OCH3 is 1. The van der Waals surface area contributed by atoms with Gasteiger partial charge in [-0.25, -0.2) is 0 Å². The molecule has 6 rings (SSSR count). The lowest BCUT2D eigenvalue weighted by Crippen LogP contribution is -2.42. The Hall–Kier alpha value is -3.62. The summed E-state index contributed by atoms with van der Waals surface area (Å²) in [4.78, 5) is 0. The Morgan fingerprint density at radius 3 is 1.64 bits per heavy atom. The van der Waals surface area contributed by atoms with Gasteiger partial charge in [0.25, 0.3) is 0 Å². The molecule has 0 aliphatic heterocycles. The Balaban J connectivity index is 1.58. The smallest absolute Gasteiger partial charge is 0.131 e. The summed E-state index contributed by atoms with van der Waals surface area (Å²) in [5, 5.41) is 0. The number of hydrogen-bond acceptors (Lipinski definition) is 1. The molecule has 2 heteroatoms. The van der Waals surface area contributed by atoms with Crippen molar-refractivity contribution in [1.29, 1.82) is 0 Å². The van der Waals surface area contributed by atoms with E-state index in [4.69, 9.17) is 4.74 Å². The summed E-state index contributed by atoms with van der Waals surface area (Å²) in [6, 6.07) is 29.4. The van der Waals surface area contributed by atoms with E-state index in [2.05, 4.69) is 159 Å². The van der Waals surface area contributed by atoms with Crippen LogP contribution in [-0.2, 0) is 10.8 Å². The van der Waals surface area contributed by atoms with Gasteiger partial charge >= 0.3 is 0 Å². The quantitative estimate of drug-likeness (QED) is 0.204. The van der Waals surface area contributed by atoms with Crippen LogP contribution in [0.2, 0.25) is 13.1 Å². The molecule has 232 valence electrons. The van der Waals surface area contributed by atoms with Crippen molar-refractivity contribution < 1.29 is 4.74 Å². The molecule has 0 N–H and O–H groups in total. The van der Waals surface area contributed by atoms with Crippen molar-refractivity contribution in [2.75, 3.05) is 7.11 Å². The fourth-order valence-corrected chi connectivity index (χ4v) is 13.3. The van der Waals surface area contributed by atoms with Gasteiger partial charge < -0.3 is 4.74 Å². The average molecular weight is 611 g/mol. The molecular formula is C43H50OSi. The molecule has 4 aromatic rings. The van der Waals surface area contributed by atoms with Crippen molar-refractivity contribution in [3.63, 3.8) is 0 Å². The van der Waals surface area contributed by atoms with E-state index in [0.29, 0.717) is 11.1 Å². The number of hydrogen-bond donors (Lipinski definition) is 0. The van der Waals surface area contributed by atoms with Crippen LogP contribution >= 0.6 is 0 Å². The van der Waals surface area contributed by atoms with E-state index >= 15 is 0 Å². The highest BCUT2D eigenvalue weighted by Crippen LogP contribution is 2.57. The Morgan fingerprint density at radius 1 is 0.622 bits per heavy atom. The summed E-state index contributed by atoms with van der Waals surface area (Å²) in [6.45, 7) is 24.1. The lowest BCUT2D eigenvalue weighted by Gasteiger charge is -2.40. The summed E-state index contributed by atoms with van der Waals surface area (Å²) in [5.74, 6) is 1.02. The minimum Gasteiger partial charge on any atom is -0.496 e. The van der Waals surface area contributed by atoms with Gasteiger partial charge in [0.15, 0.2) is 0 Å². The van der Waals surface area contributed by atoms with E-state index in [1.54, 1.807) is 0 Å². The maximum atomic E-state index is 6.28. The first-order valence-corrected chi connectivity index (χ1v) is 19.7. The summed E-state index contributed by atoms with van der Waals surface area (Å²) < 4.78 is 6.28. The number of allylic oxidation sites excluding steroid dienone is 2. The summed E-state index contributed by atoms with van der Waals surface area (Å²) in [7, 11) is -0.243. The standard InChI is InChI=1S/C43H50OSi/c1-27-22-33-32(29-18-14-12-15-19-29)24-31(42(3,4)5)25-35(33)40(27)45(10,11)41-28(2)23-34-36(41)26-37(43(6,7)8)39(44-9)38(34)30-20-16-13-17-21-30/h12-26,40-41H,1-11H3. The van der Waals surface area contributed by atoms with Crippen LogP contribution in [0, 0.1) is 0 Å². The fourth-order valence-electron chi connectivity index (χ4n) is 8.37. The van der Waals surface area contributed by atoms with E-state index in [1.165, 1.54) is 66.8 Å². The molecule has 1 nitrogen and oxygen atoms in total. The first-order valence-electron chi connectivity index (χ1n) is 16.6. The molecule has 2 aliphatic rings. The van der Waals surface area contributed by atoms with Gasteiger partial charge in [0.05, 0.1) is 15.2 Å². The van der Waals surface area contributed by atoms with Crippen molar-refractivity contribution in [1.82, 2.24) is 0 Å². The molecule has 2 aliphatic carbocycles. The Labute approximate surface area is 273 Å². The highest BCUT2D eigenvalue weighted by atomic mass is 28.3. The third-order valence-corrected chi connectivity index (χ3v) is 14.9. The minimum atomic E-state index is -2.08. The molecule has 4 aromatic carbocycles. The van der Waals surface area contributed by atoms with Crippen molar-refractivity contribution >= 4 is 20.2 Å². The summed E-state index contributed by atoms with van der Waals surface area (Å²) in [5.41, 5.74) is 17.5. The van der Waals surface area contributed by atoms with E-state index in [1.807, 2.05) is 7.11 Å². The minimum absolute atomic E-state index is 0.0569. The zero-order valence-corrected chi connectivity index (χ0v) is 30.2. The normalized spacial score (nSPS) is 17.9. The molecule has 0 spiro atoms. The predicted octanol–water partition coefficient (Wildman–Crippen LogP) is 12.1. The molecule has 0 heterocycles. The van der Waals surface area contributed by atoms with E-state index in [9.17, 15) is 0 Å². The van der Waals surface area contributed by atoms with E-state index in [0.717, 1.165) is 5.75 Å². The van der Waals surface area contributed by atoms with Gasteiger partial charge in [0.1, 0.15) is 5.75 Å². The maximum Gasteiger partial charge on any atom is 0.131 e. The largest absolute Gasteiger partial charge is 0.496 e. The van der Waals surface area contributed by atoms with Crippen LogP contribution in [0.15, 0.2) is 90.0 Å². The lowest BCUT2D eigenvalue weighted by atomic mass is 9.81. The van der Waals surface area contributed by atoms with Gasteiger partial charge in [-0.15, -0.1) is 0 Å². The zero-order chi connectivity index (χ0) is 32.5. The SMILES string of the molecule is COc1c(C(C)(C)C)cc2c(c1-c1ccccc1)C=C(C)C2[Si](C)(C)C1C(C)=Cc2c(-c3ccccc3)cc(C(C)(C)C)cc21. The molecule has 0 bridgehead atoms. The number of benzene rings is 4. The average Bonchev–Trinajstić information content (AvgIpc) is 3.51. The van der Waals surface area contributed by atoms with Gasteiger partial charge in [-0.1, -0.05) is 157 Å². The number of rotatable bonds is 5. The Bertz CT molecular complexity index is 1830. The molecule has 0 amide bonds. The van der Waals surface area contributed by atoms with Crippen molar-refractivity contribution in [3.8, 4) is 28.0 Å². The molecule has 2 atom stereocenters. The van der Waals surface area contributed by atoms with Crippen LogP contribution in [0.4, 0.5) is 0 Å². The van der Waals surface area contributed by atoms with Crippen molar-refractivity contribution in [2.45, 2.75) is 90.4 Å². The Morgan fingerprint density at radius 2 is 1.13 bits per heavy atom. The monoisotopic (exact) mass is 610 g/mol. The molecule has 0 saturated heterocycles. The van der Waals surface area contributed by atoms with Gasteiger partial charge in [-0.2, -0.15) is 0 Å². The summed E-state index contributed by atoms with van der Waals surface area (Å²) in [6.07, 6.45) is 5.00. The van der Waals surface area contributed by atoms with E-state index in [-0.39, 0.29) is 10.8 Å². The third-order valence-electron chi connectivity index (χ3n) is 10.4. The topological polar surface area (TPSA) is 9.23 Å². The van der Waals surface area contributed by atoms with Crippen LogP contribution in [-0.4, -0.2) is 15.2 Å². The maximum absolute atomic E-state index is 6.28. The molecule has 0 fully saturated rings. The van der Waals surface area contributed by atoms with Crippen LogP contribution < -0.4 is 4.74 Å². The number of ether oxygens (including phenoxy) is 1. The molecule has 2 unspecified atom stereocenters. The molecule has 0 saturated carbocycles. The van der Waals surface area contributed by atoms with Gasteiger partial charge in [0, 0.05) is 22.2 Å². The van der Waals surface area contributed by atoms with Gasteiger partial charge in [-0.3, -0.25) is 0 Å². The van der Waals surface area contributed by atoms with Crippen molar-refractivity contribution in [2.24, 2.45) is 0 Å². The molecule has 0 radical (unpaired) electrons. The number of fused-ring (bicyclic) bond motifs is 2. The van der Waals surface area contributed by atoms with Crippen LogP contribution in [0.25, 0.3) is 34.4 Å². The van der Waals surface area contributed by atoms with E-state index < -0.39 is 8.07 Å². The first-order chi connectivity index (χ1) is 21.1. The van der Waals surface area contributed by atoms with Crippen LogP contribution in [0.3, 0.4) is 0 Å².